The molecule has 7 fully saturated rings. The molecule has 0 radical (unpaired) electrons. The topological polar surface area (TPSA) is 174 Å². The Kier molecular flexibility index (Phi) is 15.8. The molecule has 0 aromatic heterocycles. The highest BCUT2D eigenvalue weighted by atomic mass is 16.8. The van der Waals surface area contributed by atoms with Crippen LogP contribution in [0.2, 0.25) is 0 Å². The van der Waals surface area contributed by atoms with Crippen molar-refractivity contribution in [2.45, 2.75) is 231 Å². The second-order valence-electron chi connectivity index (χ2n) is 24.4. The summed E-state index contributed by atoms with van der Waals surface area (Å²) in [5, 5.41) is 17.8. The van der Waals surface area contributed by atoms with E-state index in [4.69, 9.17) is 28.5 Å². The van der Waals surface area contributed by atoms with Crippen LogP contribution in [0.3, 0.4) is 0 Å². The molecule has 400 valence electrons. The van der Waals surface area contributed by atoms with Gasteiger partial charge in [-0.1, -0.05) is 101 Å². The number of epoxide rings is 1. The molecule has 14 nitrogen and oxygen atoms in total. The van der Waals surface area contributed by atoms with Crippen molar-refractivity contribution in [1.82, 2.24) is 15.7 Å². The Morgan fingerprint density at radius 1 is 0.918 bits per heavy atom. The van der Waals surface area contributed by atoms with E-state index in [0.717, 1.165) is 68.9 Å². The Bertz CT molecular complexity index is 2370. The molecule has 4 saturated heterocycles. The molecule has 3 N–H and O–H groups in total. The van der Waals surface area contributed by atoms with E-state index >= 15 is 4.79 Å². The van der Waals surface area contributed by atoms with Gasteiger partial charge in [0.2, 0.25) is 5.91 Å². The smallest absolute Gasteiger partial charge is 0.327 e. The number of hydrogen-bond donors (Lipinski definition) is 3. The lowest BCUT2D eigenvalue weighted by atomic mass is 9.52. The molecular weight excluding hydrogens is 927 g/mol. The Hall–Kier alpha value is -4.18. The van der Waals surface area contributed by atoms with E-state index in [2.05, 4.69) is 75.6 Å². The van der Waals surface area contributed by atoms with Crippen molar-refractivity contribution < 1.29 is 52.8 Å². The van der Waals surface area contributed by atoms with E-state index in [1.807, 2.05) is 6.07 Å². The van der Waals surface area contributed by atoms with Crippen LogP contribution >= 0.6 is 0 Å². The highest BCUT2D eigenvalue weighted by molar-refractivity contribution is 5.95. The number of esters is 2. The first-order valence-electron chi connectivity index (χ1n) is 27.8. The van der Waals surface area contributed by atoms with E-state index in [1.54, 1.807) is 44.0 Å². The molecule has 4 aliphatic heterocycles. The first-order chi connectivity index (χ1) is 34.8. The molecule has 73 heavy (non-hydrogen) atoms. The van der Waals surface area contributed by atoms with Crippen LogP contribution < -0.4 is 10.6 Å². The van der Waals surface area contributed by atoms with Crippen LogP contribution in [-0.4, -0.2) is 100 Å². The molecule has 1 unspecified atom stereocenters. The molecule has 9 rings (SSSR count). The van der Waals surface area contributed by atoms with Crippen LogP contribution in [0.5, 0.6) is 0 Å². The standard InChI is InChI=1S/C59H83N3O11/c1-9-11-13-26-58(27-14-12-10-2)71-48-45-33-59(54(67)60-34-38-18-16-20-41(31-38)52(65)61-42(36-63)22-24-47(64)70-55(3,4)5)50(53(66)68-45)62(73-51(59)49(48)72-58)35-39-19-15-17-37(29-39)30-40-21-23-46-57(8,69-46)28-25-44-43(40)32-56(44,6)7/h15-20,29-31,42-46,48-51,63H,9-14,21-28,32-36H2,1-8H3,(H,60,67)(H,61,65)/t42-,43+,44+,45+,46?,48-,49-,50-,51+,57+,59-/m0/s1. The number of benzene rings is 2. The molecule has 7 aliphatic rings. The van der Waals surface area contributed by atoms with Crippen LogP contribution in [-0.2, 0) is 56.0 Å². The van der Waals surface area contributed by atoms with Gasteiger partial charge in [-0.2, -0.15) is 5.06 Å². The zero-order valence-corrected chi connectivity index (χ0v) is 44.8. The lowest BCUT2D eigenvalue weighted by Crippen LogP contribution is -2.69. The summed E-state index contributed by atoms with van der Waals surface area (Å²) in [5.74, 6) is -1.44. The number of aliphatic hydroxyl groups excluding tert-OH is 1. The van der Waals surface area contributed by atoms with Crippen molar-refractivity contribution in [3.8, 4) is 0 Å². The Morgan fingerprint density at radius 3 is 2.36 bits per heavy atom. The zero-order chi connectivity index (χ0) is 51.9. The molecule has 14 heteroatoms. The number of nitrogens with one attached hydrogen (secondary N) is 2. The summed E-state index contributed by atoms with van der Waals surface area (Å²) in [6.07, 6.45) is 13.2. The molecular formula is C59H83N3O11. The van der Waals surface area contributed by atoms with Crippen molar-refractivity contribution in [3.63, 3.8) is 0 Å². The number of aliphatic hydroxyl groups is 1. The Balaban J connectivity index is 0.966. The number of rotatable bonds is 20. The van der Waals surface area contributed by atoms with E-state index in [1.165, 1.54) is 18.4 Å². The number of carbonyl (C=O) groups excluding carboxylic acids is 4. The summed E-state index contributed by atoms with van der Waals surface area (Å²) in [7, 11) is 0. The minimum absolute atomic E-state index is 0.0103. The van der Waals surface area contributed by atoms with Gasteiger partial charge in [-0.05, 0) is 125 Å². The number of nitrogens with zero attached hydrogens (tertiary/aromatic N) is 1. The maximum Gasteiger partial charge on any atom is 0.327 e. The maximum atomic E-state index is 15.3. The van der Waals surface area contributed by atoms with Crippen molar-refractivity contribution >= 4 is 29.8 Å². The summed E-state index contributed by atoms with van der Waals surface area (Å²) in [4.78, 5) is 62.9. The number of ether oxygens (including phenoxy) is 5. The molecule has 4 heterocycles. The van der Waals surface area contributed by atoms with E-state index in [-0.39, 0.29) is 50.5 Å². The van der Waals surface area contributed by atoms with Crippen LogP contribution in [0.15, 0.2) is 54.1 Å². The number of fused-ring (bicyclic) bond motifs is 6. The normalized spacial score (nSPS) is 32.6. The van der Waals surface area contributed by atoms with Crippen LogP contribution in [0.4, 0.5) is 0 Å². The molecule has 2 aromatic rings. The van der Waals surface area contributed by atoms with Gasteiger partial charge in [-0.15, -0.1) is 0 Å². The van der Waals surface area contributed by atoms with Gasteiger partial charge < -0.3 is 39.4 Å². The van der Waals surface area contributed by atoms with Crippen molar-refractivity contribution in [2.24, 2.45) is 22.7 Å². The second kappa shape index (κ2) is 21.4. The van der Waals surface area contributed by atoms with Crippen LogP contribution in [0.25, 0.3) is 6.08 Å². The number of amides is 2. The van der Waals surface area contributed by atoms with Gasteiger partial charge in [0, 0.05) is 37.8 Å². The molecule has 2 amide bonds. The fourth-order valence-corrected chi connectivity index (χ4v) is 13.4. The summed E-state index contributed by atoms with van der Waals surface area (Å²) < 4.78 is 32.2. The van der Waals surface area contributed by atoms with E-state index in [0.29, 0.717) is 47.3 Å². The van der Waals surface area contributed by atoms with Gasteiger partial charge in [0.05, 0.1) is 30.9 Å². The quantitative estimate of drug-likeness (QED) is 0.0653. The number of hydrogen-bond acceptors (Lipinski definition) is 12. The van der Waals surface area contributed by atoms with Gasteiger partial charge in [0.15, 0.2) is 11.8 Å². The van der Waals surface area contributed by atoms with Gasteiger partial charge in [0.25, 0.3) is 5.91 Å². The number of unbranched alkanes of at least 4 members (excludes halogenated alkanes) is 4. The lowest BCUT2D eigenvalue weighted by Gasteiger charge is -2.53. The summed E-state index contributed by atoms with van der Waals surface area (Å²) in [6, 6.07) is 13.6. The molecule has 0 spiro atoms. The zero-order valence-electron chi connectivity index (χ0n) is 44.8. The SMILES string of the molecule is CCCCCC1(CCCCC)O[C@@H]2[C@H](O1)[C@H]1ON(Cc3cccc(C=C4CCC5O[C@]5(C)CC[C@@H]5[C@@H]4CC5(C)C)c3)[C@H]3C(=O)O[C@@H]2C[C@@]13C(=O)NCc1cccc(C(=O)N[C@H](CO)CCC(=O)OC(C)(C)C)c1. The highest BCUT2D eigenvalue weighted by Gasteiger charge is 2.76. The summed E-state index contributed by atoms with van der Waals surface area (Å²) in [6.45, 7) is 16.8. The predicted molar refractivity (Wildman–Crippen MR) is 275 cm³/mol. The largest absolute Gasteiger partial charge is 0.460 e. The van der Waals surface area contributed by atoms with Gasteiger partial charge >= 0.3 is 11.9 Å². The van der Waals surface area contributed by atoms with E-state index in [9.17, 15) is 19.5 Å². The monoisotopic (exact) mass is 1010 g/mol. The molecule has 2 bridgehead atoms. The third-order valence-corrected chi connectivity index (χ3v) is 17.3. The fraction of sp³-hybridized carbons (Fsp3) is 0.695. The number of allylic oxidation sites excluding steroid dienone is 1. The average molecular weight is 1010 g/mol. The molecule has 3 saturated carbocycles. The van der Waals surface area contributed by atoms with E-state index < -0.39 is 71.1 Å². The van der Waals surface area contributed by atoms with Crippen LogP contribution in [0.1, 0.15) is 185 Å². The molecule has 3 aliphatic carbocycles. The van der Waals surface area contributed by atoms with Crippen molar-refractivity contribution in [2.75, 3.05) is 6.61 Å². The number of carbonyl (C=O) groups is 4. The third kappa shape index (κ3) is 11.4. The third-order valence-electron chi connectivity index (χ3n) is 17.3. The first kappa shape index (κ1) is 53.6. The van der Waals surface area contributed by atoms with Gasteiger partial charge in [-0.3, -0.25) is 24.0 Å². The summed E-state index contributed by atoms with van der Waals surface area (Å²) >= 11 is 0. The van der Waals surface area contributed by atoms with Crippen LogP contribution in [0, 0.1) is 22.7 Å². The van der Waals surface area contributed by atoms with Crippen molar-refractivity contribution in [1.29, 1.82) is 0 Å². The number of hydroxylamine groups is 2. The minimum Gasteiger partial charge on any atom is -0.460 e. The average Bonchev–Trinajstić information content (AvgIpc) is 3.61. The molecule has 2 aromatic carbocycles. The van der Waals surface area contributed by atoms with Gasteiger partial charge in [-0.25, -0.2) is 0 Å². The molecule has 11 atom stereocenters. The minimum atomic E-state index is -1.38. The van der Waals surface area contributed by atoms with Gasteiger partial charge in [0.1, 0.15) is 35.4 Å². The Morgan fingerprint density at radius 2 is 1.64 bits per heavy atom. The fourth-order valence-electron chi connectivity index (χ4n) is 13.4. The first-order valence-corrected chi connectivity index (χ1v) is 27.8. The predicted octanol–water partition coefficient (Wildman–Crippen LogP) is 9.43. The lowest BCUT2D eigenvalue weighted by molar-refractivity contribution is -0.224. The van der Waals surface area contributed by atoms with Crippen molar-refractivity contribution in [3.05, 3.63) is 76.4 Å². The maximum absolute atomic E-state index is 15.3. The second-order valence-corrected chi connectivity index (χ2v) is 24.4. The highest BCUT2D eigenvalue weighted by Crippen LogP contribution is 2.61. The summed E-state index contributed by atoms with van der Waals surface area (Å²) in [5.41, 5.74) is 2.81. The Labute approximate surface area is 433 Å².